The van der Waals surface area contributed by atoms with Gasteiger partial charge in [0.05, 0.1) is 0 Å². The van der Waals surface area contributed by atoms with Gasteiger partial charge in [-0.05, 0) is 67.1 Å². The van der Waals surface area contributed by atoms with Crippen LogP contribution in [0.5, 0.6) is 0 Å². The first-order valence-electron chi connectivity index (χ1n) is 7.39. The van der Waals surface area contributed by atoms with E-state index in [1.54, 1.807) is 12.1 Å². The van der Waals surface area contributed by atoms with E-state index in [1.807, 2.05) is 18.2 Å². The highest BCUT2D eigenvalue weighted by molar-refractivity contribution is 5.21. The van der Waals surface area contributed by atoms with Crippen molar-refractivity contribution in [3.8, 4) is 0 Å². The minimum Gasteiger partial charge on any atom is -0.207 e. The third kappa shape index (κ3) is 3.46. The Morgan fingerprint density at radius 1 is 1.16 bits per heavy atom. The highest BCUT2D eigenvalue weighted by Gasteiger charge is 2.32. The number of halogens is 1. The van der Waals surface area contributed by atoms with Crippen LogP contribution < -0.4 is 0 Å². The summed E-state index contributed by atoms with van der Waals surface area (Å²) in [5.41, 5.74) is 1.68. The van der Waals surface area contributed by atoms with E-state index in [2.05, 4.69) is 20.4 Å². The van der Waals surface area contributed by atoms with Crippen LogP contribution >= 0.6 is 0 Å². The molecule has 0 saturated heterocycles. The topological polar surface area (TPSA) is 0 Å². The fourth-order valence-corrected chi connectivity index (χ4v) is 3.48. The molecule has 1 aliphatic carbocycles. The van der Waals surface area contributed by atoms with Crippen LogP contribution in [-0.4, -0.2) is 0 Å². The average Bonchev–Trinajstić information content (AvgIpc) is 2.40. The Morgan fingerprint density at radius 3 is 2.26 bits per heavy atom. The lowest BCUT2D eigenvalue weighted by molar-refractivity contribution is 0.152. The summed E-state index contributed by atoms with van der Waals surface area (Å²) in [6.45, 7) is 8.59. The molecule has 1 aliphatic rings. The third-order valence-electron chi connectivity index (χ3n) is 4.84. The molecular formula is C18H25F. The van der Waals surface area contributed by atoms with E-state index in [-0.39, 0.29) is 5.82 Å². The molecule has 0 unspecified atom stereocenters. The van der Waals surface area contributed by atoms with E-state index >= 15 is 0 Å². The Kier molecular flexibility index (Phi) is 4.44. The number of benzene rings is 1. The summed E-state index contributed by atoms with van der Waals surface area (Å²) in [6, 6.07) is 7.08. The van der Waals surface area contributed by atoms with Crippen molar-refractivity contribution < 1.29 is 4.39 Å². The van der Waals surface area contributed by atoms with Crippen molar-refractivity contribution >= 4 is 0 Å². The predicted octanol–water partition coefficient (Wildman–Crippen LogP) is 5.70. The normalized spacial score (nSPS) is 24.2. The molecule has 1 heteroatoms. The van der Waals surface area contributed by atoms with E-state index < -0.39 is 0 Å². The van der Waals surface area contributed by atoms with E-state index in [0.29, 0.717) is 11.3 Å². The molecule has 0 aromatic heterocycles. The van der Waals surface area contributed by atoms with Crippen molar-refractivity contribution in [1.29, 1.82) is 0 Å². The van der Waals surface area contributed by atoms with E-state index in [1.165, 1.54) is 31.2 Å². The van der Waals surface area contributed by atoms with Crippen molar-refractivity contribution in [2.24, 2.45) is 11.3 Å². The van der Waals surface area contributed by atoms with Crippen molar-refractivity contribution in [2.45, 2.75) is 51.9 Å². The maximum absolute atomic E-state index is 12.9. The molecule has 104 valence electrons. The van der Waals surface area contributed by atoms with Gasteiger partial charge in [-0.15, -0.1) is 6.58 Å². The van der Waals surface area contributed by atoms with Crippen molar-refractivity contribution in [1.82, 2.24) is 0 Å². The van der Waals surface area contributed by atoms with Crippen LogP contribution in [-0.2, 0) is 0 Å². The summed E-state index contributed by atoms with van der Waals surface area (Å²) in [6.07, 6.45) is 8.17. The smallest absolute Gasteiger partial charge is 0.123 e. The molecule has 19 heavy (non-hydrogen) atoms. The van der Waals surface area contributed by atoms with Crippen LogP contribution in [0, 0.1) is 17.2 Å². The first-order chi connectivity index (χ1) is 9.03. The number of hydrogen-bond donors (Lipinski definition) is 0. The van der Waals surface area contributed by atoms with Gasteiger partial charge < -0.3 is 0 Å². The molecule has 1 aromatic rings. The molecule has 0 atom stereocenters. The number of allylic oxidation sites excluding steroid dienone is 1. The van der Waals surface area contributed by atoms with Gasteiger partial charge in [0.15, 0.2) is 0 Å². The monoisotopic (exact) mass is 260 g/mol. The maximum Gasteiger partial charge on any atom is 0.123 e. The standard InChI is InChI=1S/C18H25F/c1-4-13-18(2,3)16-9-5-14(6-10-16)15-7-11-17(19)12-8-15/h4,7-8,11-12,14,16H,1,5-6,9-10,13H2,2-3H3. The molecule has 0 aliphatic heterocycles. The summed E-state index contributed by atoms with van der Waals surface area (Å²) < 4.78 is 12.9. The zero-order valence-electron chi connectivity index (χ0n) is 12.2. The zero-order valence-corrected chi connectivity index (χ0v) is 12.2. The van der Waals surface area contributed by atoms with Crippen LogP contribution in [0.25, 0.3) is 0 Å². The highest BCUT2D eigenvalue weighted by atomic mass is 19.1. The molecule has 0 N–H and O–H groups in total. The van der Waals surface area contributed by atoms with E-state index in [0.717, 1.165) is 12.3 Å². The van der Waals surface area contributed by atoms with Crippen LogP contribution in [0.15, 0.2) is 36.9 Å². The molecule has 0 heterocycles. The van der Waals surface area contributed by atoms with Crippen molar-refractivity contribution in [3.05, 3.63) is 48.3 Å². The van der Waals surface area contributed by atoms with Gasteiger partial charge in [0.25, 0.3) is 0 Å². The molecule has 2 rings (SSSR count). The van der Waals surface area contributed by atoms with Gasteiger partial charge in [-0.2, -0.15) is 0 Å². The predicted molar refractivity (Wildman–Crippen MR) is 79.7 cm³/mol. The number of rotatable bonds is 4. The third-order valence-corrected chi connectivity index (χ3v) is 4.84. The van der Waals surface area contributed by atoms with Crippen LogP contribution in [0.1, 0.15) is 57.4 Å². The Hall–Kier alpha value is -1.11. The molecule has 1 aromatic carbocycles. The van der Waals surface area contributed by atoms with Gasteiger partial charge >= 0.3 is 0 Å². The Labute approximate surface area is 116 Å². The Bertz CT molecular complexity index is 408. The Balaban J connectivity index is 1.95. The fraction of sp³-hybridized carbons (Fsp3) is 0.556. The second kappa shape index (κ2) is 5.90. The Morgan fingerprint density at radius 2 is 1.74 bits per heavy atom. The SMILES string of the molecule is C=CCC(C)(C)C1CCC(c2ccc(F)cc2)CC1. The molecule has 0 nitrogen and oxygen atoms in total. The van der Waals surface area contributed by atoms with E-state index in [4.69, 9.17) is 0 Å². The average molecular weight is 260 g/mol. The van der Waals surface area contributed by atoms with Gasteiger partial charge in [-0.1, -0.05) is 32.1 Å². The van der Waals surface area contributed by atoms with Gasteiger partial charge in [0.1, 0.15) is 5.82 Å². The van der Waals surface area contributed by atoms with Crippen molar-refractivity contribution in [2.75, 3.05) is 0 Å². The molecule has 1 fully saturated rings. The van der Waals surface area contributed by atoms with Crippen LogP contribution in [0.4, 0.5) is 4.39 Å². The maximum atomic E-state index is 12.9. The summed E-state index contributed by atoms with van der Waals surface area (Å²) in [5.74, 6) is 1.28. The minimum absolute atomic E-state index is 0.135. The molecule has 0 radical (unpaired) electrons. The second-order valence-corrected chi connectivity index (χ2v) is 6.58. The highest BCUT2D eigenvalue weighted by Crippen LogP contribution is 2.45. The molecule has 0 bridgehead atoms. The lowest BCUT2D eigenvalue weighted by Gasteiger charge is -2.39. The van der Waals surface area contributed by atoms with Gasteiger partial charge in [0, 0.05) is 0 Å². The van der Waals surface area contributed by atoms with Crippen LogP contribution in [0.3, 0.4) is 0 Å². The van der Waals surface area contributed by atoms with E-state index in [9.17, 15) is 4.39 Å². The molecule has 0 spiro atoms. The summed E-state index contributed by atoms with van der Waals surface area (Å²) >= 11 is 0. The quantitative estimate of drug-likeness (QED) is 0.609. The molecular weight excluding hydrogens is 235 g/mol. The molecule has 0 amide bonds. The minimum atomic E-state index is -0.135. The molecule has 1 saturated carbocycles. The summed E-state index contributed by atoms with van der Waals surface area (Å²) in [7, 11) is 0. The second-order valence-electron chi connectivity index (χ2n) is 6.58. The first kappa shape index (κ1) is 14.3. The fourth-order valence-electron chi connectivity index (χ4n) is 3.48. The summed E-state index contributed by atoms with van der Waals surface area (Å²) in [4.78, 5) is 0. The van der Waals surface area contributed by atoms with Crippen molar-refractivity contribution in [3.63, 3.8) is 0 Å². The van der Waals surface area contributed by atoms with Gasteiger partial charge in [-0.3, -0.25) is 0 Å². The van der Waals surface area contributed by atoms with Gasteiger partial charge in [-0.25, -0.2) is 4.39 Å². The van der Waals surface area contributed by atoms with Crippen LogP contribution in [0.2, 0.25) is 0 Å². The lowest BCUT2D eigenvalue weighted by Crippen LogP contribution is -2.27. The summed E-state index contributed by atoms with van der Waals surface area (Å²) in [5, 5.41) is 0. The number of hydrogen-bond acceptors (Lipinski definition) is 0. The zero-order chi connectivity index (χ0) is 13.9. The van der Waals surface area contributed by atoms with Gasteiger partial charge in [0.2, 0.25) is 0 Å². The lowest BCUT2D eigenvalue weighted by atomic mass is 9.66. The largest absolute Gasteiger partial charge is 0.207 e. The first-order valence-corrected chi connectivity index (χ1v) is 7.39.